The van der Waals surface area contributed by atoms with Gasteiger partial charge in [0.2, 0.25) is 5.91 Å². The lowest BCUT2D eigenvalue weighted by Gasteiger charge is -2.15. The monoisotopic (exact) mass is 218 g/mol. The van der Waals surface area contributed by atoms with Crippen LogP contribution in [0.4, 0.5) is 5.69 Å². The van der Waals surface area contributed by atoms with Crippen molar-refractivity contribution in [2.45, 2.75) is 6.92 Å². The summed E-state index contributed by atoms with van der Waals surface area (Å²) < 4.78 is 0. The molecule has 16 heavy (non-hydrogen) atoms. The zero-order valence-corrected chi connectivity index (χ0v) is 9.40. The Morgan fingerprint density at radius 2 is 2.38 bits per heavy atom. The van der Waals surface area contributed by atoms with E-state index in [9.17, 15) is 4.79 Å². The summed E-state index contributed by atoms with van der Waals surface area (Å²) in [5.74, 6) is 0.0202. The van der Waals surface area contributed by atoms with Gasteiger partial charge in [-0.15, -0.1) is 0 Å². The maximum Gasteiger partial charge on any atom is 0.241 e. The van der Waals surface area contributed by atoms with Gasteiger partial charge in [0.05, 0.1) is 18.4 Å². The number of amides is 1. The highest BCUT2D eigenvalue weighted by Crippen LogP contribution is 2.04. The smallest absolute Gasteiger partial charge is 0.241 e. The van der Waals surface area contributed by atoms with Crippen molar-refractivity contribution in [3.8, 4) is 6.07 Å². The average Bonchev–Trinajstić information content (AvgIpc) is 2.35. The van der Waals surface area contributed by atoms with Crippen molar-refractivity contribution in [3.05, 3.63) is 24.0 Å². The Morgan fingerprint density at radius 3 is 2.88 bits per heavy atom. The molecule has 0 atom stereocenters. The van der Waals surface area contributed by atoms with Gasteiger partial charge < -0.3 is 10.2 Å². The molecule has 0 saturated heterocycles. The Balaban J connectivity index is 2.49. The van der Waals surface area contributed by atoms with Crippen LogP contribution < -0.4 is 5.32 Å². The van der Waals surface area contributed by atoms with Gasteiger partial charge in [0, 0.05) is 13.6 Å². The van der Waals surface area contributed by atoms with Gasteiger partial charge >= 0.3 is 0 Å². The van der Waals surface area contributed by atoms with Gasteiger partial charge in [0.25, 0.3) is 0 Å². The molecule has 0 aromatic carbocycles. The number of carbonyl (C=O) groups is 1. The summed E-state index contributed by atoms with van der Waals surface area (Å²) in [6, 6.07) is 5.27. The predicted molar refractivity (Wildman–Crippen MR) is 60.8 cm³/mol. The van der Waals surface area contributed by atoms with Crippen LogP contribution in [0.2, 0.25) is 0 Å². The lowest BCUT2D eigenvalue weighted by molar-refractivity contribution is -0.127. The number of carbonyl (C=O) groups excluding carboxylic acids is 1. The van der Waals surface area contributed by atoms with Crippen molar-refractivity contribution in [2.24, 2.45) is 0 Å². The first-order valence-corrected chi connectivity index (χ1v) is 5.01. The van der Waals surface area contributed by atoms with E-state index in [1.54, 1.807) is 24.1 Å². The van der Waals surface area contributed by atoms with Crippen LogP contribution in [0.15, 0.2) is 18.3 Å². The normalized spacial score (nSPS) is 9.31. The molecule has 1 heterocycles. The van der Waals surface area contributed by atoms with Crippen LogP contribution in [-0.2, 0) is 4.79 Å². The number of nitrogens with one attached hydrogen (secondary N) is 1. The van der Waals surface area contributed by atoms with Crippen LogP contribution in [0.25, 0.3) is 0 Å². The maximum absolute atomic E-state index is 11.5. The quantitative estimate of drug-likeness (QED) is 0.813. The molecule has 0 aliphatic rings. The van der Waals surface area contributed by atoms with Crippen LogP contribution in [0.3, 0.4) is 0 Å². The zero-order valence-electron chi connectivity index (χ0n) is 9.40. The summed E-state index contributed by atoms with van der Waals surface area (Å²) in [6.07, 6.45) is 1.54. The van der Waals surface area contributed by atoms with Gasteiger partial charge in [0.15, 0.2) is 0 Å². The molecule has 1 aromatic heterocycles. The molecule has 0 unspecified atom stereocenters. The topological polar surface area (TPSA) is 69.0 Å². The van der Waals surface area contributed by atoms with Crippen molar-refractivity contribution in [3.63, 3.8) is 0 Å². The molecule has 1 rings (SSSR count). The molecular weight excluding hydrogens is 204 g/mol. The summed E-state index contributed by atoms with van der Waals surface area (Å²) >= 11 is 0. The number of aromatic nitrogens is 1. The minimum Gasteiger partial charge on any atom is -0.375 e. The van der Waals surface area contributed by atoms with Crippen LogP contribution in [0, 0.1) is 11.3 Å². The van der Waals surface area contributed by atoms with E-state index in [4.69, 9.17) is 5.26 Å². The van der Waals surface area contributed by atoms with E-state index in [2.05, 4.69) is 10.3 Å². The number of anilines is 1. The fourth-order valence-electron chi connectivity index (χ4n) is 1.05. The second-order valence-electron chi connectivity index (χ2n) is 3.31. The van der Waals surface area contributed by atoms with E-state index in [0.29, 0.717) is 12.2 Å². The van der Waals surface area contributed by atoms with Gasteiger partial charge in [-0.05, 0) is 19.1 Å². The number of nitriles is 1. The first kappa shape index (κ1) is 12.0. The Kier molecular flexibility index (Phi) is 4.28. The molecule has 5 heteroatoms. The summed E-state index contributed by atoms with van der Waals surface area (Å²) in [7, 11) is 1.75. The number of rotatable bonds is 4. The van der Waals surface area contributed by atoms with Crippen molar-refractivity contribution < 1.29 is 4.79 Å². The van der Waals surface area contributed by atoms with Gasteiger partial charge in [-0.2, -0.15) is 5.26 Å². The molecule has 0 radical (unpaired) electrons. The SMILES string of the molecule is CCN(C)C(=O)CNc1ccc(C#N)nc1. The molecule has 0 spiro atoms. The number of nitrogens with zero attached hydrogens (tertiary/aromatic N) is 3. The predicted octanol–water partition coefficient (Wildman–Crippen LogP) is 0.843. The largest absolute Gasteiger partial charge is 0.375 e. The molecule has 0 saturated carbocycles. The standard InChI is InChI=1S/C11H14N4O/c1-3-15(2)11(16)8-14-10-5-4-9(6-12)13-7-10/h4-5,7,14H,3,8H2,1-2H3. The number of hydrogen-bond donors (Lipinski definition) is 1. The fourth-order valence-corrected chi connectivity index (χ4v) is 1.05. The van der Waals surface area contributed by atoms with E-state index < -0.39 is 0 Å². The Morgan fingerprint density at radius 1 is 1.62 bits per heavy atom. The third kappa shape index (κ3) is 3.24. The van der Waals surface area contributed by atoms with Crippen molar-refractivity contribution >= 4 is 11.6 Å². The van der Waals surface area contributed by atoms with Crippen LogP contribution in [0.5, 0.6) is 0 Å². The lowest BCUT2D eigenvalue weighted by atomic mass is 10.3. The van der Waals surface area contributed by atoms with Gasteiger partial charge in [-0.25, -0.2) is 4.98 Å². The summed E-state index contributed by atoms with van der Waals surface area (Å²) in [6.45, 7) is 2.84. The van der Waals surface area contributed by atoms with E-state index >= 15 is 0 Å². The lowest BCUT2D eigenvalue weighted by Crippen LogP contribution is -2.31. The summed E-state index contributed by atoms with van der Waals surface area (Å²) in [5.41, 5.74) is 1.10. The van der Waals surface area contributed by atoms with Gasteiger partial charge in [-0.3, -0.25) is 4.79 Å². The maximum atomic E-state index is 11.5. The third-order valence-corrected chi connectivity index (χ3v) is 2.22. The Labute approximate surface area is 94.7 Å². The van der Waals surface area contributed by atoms with Gasteiger partial charge in [-0.1, -0.05) is 0 Å². The minimum atomic E-state index is 0.0202. The van der Waals surface area contributed by atoms with E-state index in [1.807, 2.05) is 13.0 Å². The molecule has 1 amide bonds. The third-order valence-electron chi connectivity index (χ3n) is 2.22. The zero-order chi connectivity index (χ0) is 12.0. The molecule has 1 aromatic rings. The minimum absolute atomic E-state index is 0.0202. The second kappa shape index (κ2) is 5.71. The molecule has 84 valence electrons. The highest BCUT2D eigenvalue weighted by Gasteiger charge is 2.05. The van der Waals surface area contributed by atoms with Gasteiger partial charge in [0.1, 0.15) is 11.8 Å². The van der Waals surface area contributed by atoms with E-state index in [-0.39, 0.29) is 12.5 Å². The van der Waals surface area contributed by atoms with E-state index in [1.165, 1.54) is 6.20 Å². The van der Waals surface area contributed by atoms with Crippen LogP contribution in [0.1, 0.15) is 12.6 Å². The fraction of sp³-hybridized carbons (Fsp3) is 0.364. The molecule has 0 fully saturated rings. The molecule has 0 bridgehead atoms. The second-order valence-corrected chi connectivity index (χ2v) is 3.31. The Bertz CT molecular complexity index is 393. The van der Waals surface area contributed by atoms with Crippen molar-refractivity contribution in [2.75, 3.05) is 25.5 Å². The van der Waals surface area contributed by atoms with Crippen LogP contribution in [-0.4, -0.2) is 35.9 Å². The first-order valence-electron chi connectivity index (χ1n) is 5.01. The molecular formula is C11H14N4O. The highest BCUT2D eigenvalue weighted by atomic mass is 16.2. The first-order chi connectivity index (χ1) is 7.67. The summed E-state index contributed by atoms with van der Waals surface area (Å²) in [4.78, 5) is 17.0. The van der Waals surface area contributed by atoms with Crippen molar-refractivity contribution in [1.82, 2.24) is 9.88 Å². The number of pyridine rings is 1. The average molecular weight is 218 g/mol. The molecule has 0 aliphatic carbocycles. The Hall–Kier alpha value is -2.09. The van der Waals surface area contributed by atoms with E-state index in [0.717, 1.165) is 5.69 Å². The highest BCUT2D eigenvalue weighted by molar-refractivity contribution is 5.80. The number of likely N-dealkylation sites (N-methyl/N-ethyl adjacent to an activating group) is 1. The molecule has 0 aliphatic heterocycles. The van der Waals surface area contributed by atoms with Crippen molar-refractivity contribution in [1.29, 1.82) is 5.26 Å². The van der Waals surface area contributed by atoms with Crippen LogP contribution >= 0.6 is 0 Å². The molecule has 1 N–H and O–H groups in total. The number of hydrogen-bond acceptors (Lipinski definition) is 4. The summed E-state index contributed by atoms with van der Waals surface area (Å²) in [5, 5.41) is 11.5. The molecule has 5 nitrogen and oxygen atoms in total.